The molecular formula is H5Ba2CuNO6Y2+2. The summed E-state index contributed by atoms with van der Waals surface area (Å²) in [6.45, 7) is 0. The van der Waals surface area contributed by atoms with Gasteiger partial charge in [-0.25, -0.2) is 0 Å². The molecule has 0 aliphatic carbocycles. The molecule has 0 bridgehead atoms. The molecule has 12 heavy (non-hydrogen) atoms. The summed E-state index contributed by atoms with van der Waals surface area (Å²) in [6.07, 6.45) is 0. The molecule has 0 unspecified atom stereocenters. The predicted octanol–water partition coefficient (Wildman–Crippen LogP) is -2.83. The first-order chi connectivity index (χ1) is 1.73. The van der Waals surface area contributed by atoms with E-state index in [1.807, 2.05) is 0 Å². The van der Waals surface area contributed by atoms with Crippen LogP contribution in [0.3, 0.4) is 0 Å². The topological polar surface area (TPSA) is 159 Å². The van der Waals surface area contributed by atoms with Crippen LogP contribution in [0.25, 0.3) is 0 Å². The van der Waals surface area contributed by atoms with E-state index in [-0.39, 0.29) is 197 Å². The van der Waals surface area contributed by atoms with Crippen molar-refractivity contribution in [1.82, 2.24) is 0 Å². The molecule has 0 rings (SSSR count). The van der Waals surface area contributed by atoms with Crippen molar-refractivity contribution in [2.24, 2.45) is 0 Å². The monoisotopic (exact) mass is 632 g/mol. The van der Waals surface area contributed by atoms with Crippen molar-refractivity contribution < 1.29 is 104 Å². The molecule has 0 fully saturated rings. The Kier molecular flexibility index (Phi) is 321. The van der Waals surface area contributed by atoms with Gasteiger partial charge in [-0.1, -0.05) is 0 Å². The molecule has 0 heterocycles. The summed E-state index contributed by atoms with van der Waals surface area (Å²) in [5.74, 6) is 0. The average molecular weight is 631 g/mol. The van der Waals surface area contributed by atoms with E-state index in [0.717, 1.165) is 0 Å². The van der Waals surface area contributed by atoms with Crippen molar-refractivity contribution in [3.8, 4) is 0 Å². The molecule has 0 atom stereocenters. The molecule has 0 aromatic rings. The third-order valence-corrected chi connectivity index (χ3v) is 0. The van der Waals surface area contributed by atoms with Crippen molar-refractivity contribution >= 4 is 97.8 Å². The molecule has 0 amide bonds. The van der Waals surface area contributed by atoms with Crippen LogP contribution in [0.15, 0.2) is 0 Å². The number of hydrogen-bond donors (Lipinski definition) is 0. The second kappa shape index (κ2) is 56.4. The van der Waals surface area contributed by atoms with Crippen molar-refractivity contribution in [2.45, 2.75) is 0 Å². The van der Waals surface area contributed by atoms with Gasteiger partial charge >= 0.3 is 97.8 Å². The van der Waals surface area contributed by atoms with E-state index in [0.29, 0.717) is 0 Å². The molecule has 0 aliphatic rings. The van der Waals surface area contributed by atoms with Crippen molar-refractivity contribution in [3.05, 3.63) is 15.3 Å². The molecule has 7 nitrogen and oxygen atoms in total. The van der Waals surface area contributed by atoms with E-state index < -0.39 is 5.09 Å². The van der Waals surface area contributed by atoms with E-state index in [9.17, 15) is 0 Å². The third-order valence-electron chi connectivity index (χ3n) is 0. The SMILES string of the molecule is O.O.O=[N+]([O-])[O-].[Ba+2].[Ba+2].[Cu].[OH-].[Y].[Y]. The maximum atomic E-state index is 8.25. The summed E-state index contributed by atoms with van der Waals surface area (Å²) in [5, 5.41) is 14.8. The van der Waals surface area contributed by atoms with Crippen LogP contribution in [0.2, 0.25) is 0 Å². The van der Waals surface area contributed by atoms with Crippen LogP contribution in [0, 0.1) is 15.3 Å². The summed E-state index contributed by atoms with van der Waals surface area (Å²) in [7, 11) is 0. The van der Waals surface area contributed by atoms with Gasteiger partial charge in [0.1, 0.15) is 0 Å². The average Bonchev–Trinajstić information content (AvgIpc) is 0.811. The smallest absolute Gasteiger partial charge is 0.870 e. The molecule has 5 N–H and O–H groups in total. The van der Waals surface area contributed by atoms with Crippen molar-refractivity contribution in [2.75, 3.05) is 0 Å². The van der Waals surface area contributed by atoms with Crippen LogP contribution in [-0.2, 0) is 82.5 Å². The first kappa shape index (κ1) is 68.2. The quantitative estimate of drug-likeness (QED) is 0.160. The number of nitrogens with zero attached hydrogens (tertiary/aromatic N) is 1. The summed E-state index contributed by atoms with van der Waals surface area (Å²) in [5.41, 5.74) is 0. The van der Waals surface area contributed by atoms with Crippen LogP contribution in [0.1, 0.15) is 0 Å². The number of rotatable bonds is 0. The fourth-order valence-corrected chi connectivity index (χ4v) is 0. The largest absolute Gasteiger partial charge is 2.00 e. The molecule has 0 spiro atoms. The molecule has 65 valence electrons. The Hall–Kier alpha value is 4.95. The normalized spacial score (nSPS) is 2.00. The Bertz CT molecular complexity index is 46.5. The van der Waals surface area contributed by atoms with Gasteiger partial charge in [-0.2, -0.15) is 0 Å². The first-order valence-electron chi connectivity index (χ1n) is 0.548. The molecule has 0 saturated heterocycles. The van der Waals surface area contributed by atoms with Crippen LogP contribution < -0.4 is 0 Å². The Morgan fingerprint density at radius 3 is 0.917 bits per heavy atom. The van der Waals surface area contributed by atoms with Crippen molar-refractivity contribution in [3.63, 3.8) is 0 Å². The minimum atomic E-state index is -1.75. The van der Waals surface area contributed by atoms with E-state index in [4.69, 9.17) is 15.3 Å². The van der Waals surface area contributed by atoms with Gasteiger partial charge in [0.25, 0.3) is 0 Å². The van der Waals surface area contributed by atoms with Gasteiger partial charge in [-0.3, -0.25) is 0 Å². The molecule has 0 saturated carbocycles. The zero-order chi connectivity index (χ0) is 3.58. The van der Waals surface area contributed by atoms with Gasteiger partial charge in [-0.15, -0.1) is 0 Å². The third kappa shape index (κ3) is 119. The summed E-state index contributed by atoms with van der Waals surface area (Å²) < 4.78 is 0. The zero-order valence-corrected chi connectivity index (χ0v) is 21.5. The molecule has 0 aromatic carbocycles. The first-order valence-corrected chi connectivity index (χ1v) is 0.548. The van der Waals surface area contributed by atoms with Crippen LogP contribution >= 0.6 is 0 Å². The Labute approximate surface area is 211 Å². The minimum Gasteiger partial charge on any atom is -0.870 e. The summed E-state index contributed by atoms with van der Waals surface area (Å²) in [4.78, 5) is 8.25. The standard InChI is InChI=1S/2Ba.Cu.NO3.3H2O.2Y/c;;;2-1(3)4;;;;;/h;;;;3*1H2;;/q2*+2;;-1;;;;;/p-1. The van der Waals surface area contributed by atoms with Crippen LogP contribution in [-0.4, -0.2) is 119 Å². The molecule has 3 radical (unpaired) electrons. The van der Waals surface area contributed by atoms with Gasteiger partial charge in [0.2, 0.25) is 0 Å². The van der Waals surface area contributed by atoms with Gasteiger partial charge in [0, 0.05) is 82.5 Å². The van der Waals surface area contributed by atoms with Crippen LogP contribution in [0.5, 0.6) is 0 Å². The Balaban J connectivity index is -0.00000000161. The van der Waals surface area contributed by atoms with E-state index in [1.165, 1.54) is 0 Å². The fraction of sp³-hybridized carbons (Fsp3) is 0. The second-order valence-corrected chi connectivity index (χ2v) is 0.224. The fourth-order valence-electron chi connectivity index (χ4n) is 0. The van der Waals surface area contributed by atoms with Crippen molar-refractivity contribution in [1.29, 1.82) is 0 Å². The molecule has 0 aromatic heterocycles. The van der Waals surface area contributed by atoms with E-state index in [1.54, 1.807) is 0 Å². The Morgan fingerprint density at radius 1 is 0.917 bits per heavy atom. The zero-order valence-electron chi connectivity index (χ0n) is 5.99. The number of hydrogen-bond acceptors (Lipinski definition) is 4. The second-order valence-electron chi connectivity index (χ2n) is 0.224. The maximum absolute atomic E-state index is 8.25. The van der Waals surface area contributed by atoms with Gasteiger partial charge in [-0.05, 0) is 0 Å². The van der Waals surface area contributed by atoms with Crippen LogP contribution in [0.4, 0.5) is 0 Å². The van der Waals surface area contributed by atoms with Gasteiger partial charge in [0.05, 0.1) is 5.09 Å². The maximum Gasteiger partial charge on any atom is 2.00 e. The Morgan fingerprint density at radius 2 is 0.917 bits per heavy atom. The molecule has 12 heteroatoms. The summed E-state index contributed by atoms with van der Waals surface area (Å²) >= 11 is 0. The molecular weight excluding hydrogens is 626 g/mol. The van der Waals surface area contributed by atoms with Gasteiger partial charge < -0.3 is 31.8 Å². The minimum absolute atomic E-state index is 0. The van der Waals surface area contributed by atoms with E-state index >= 15 is 0 Å². The van der Waals surface area contributed by atoms with E-state index in [2.05, 4.69) is 0 Å². The van der Waals surface area contributed by atoms with Gasteiger partial charge in [0.15, 0.2) is 0 Å². The molecule has 0 aliphatic heterocycles. The predicted molar refractivity (Wildman–Crippen MR) is 31.0 cm³/mol. The summed E-state index contributed by atoms with van der Waals surface area (Å²) in [6, 6.07) is 0.